The van der Waals surface area contributed by atoms with Crippen molar-refractivity contribution in [3.63, 3.8) is 0 Å². The van der Waals surface area contributed by atoms with Crippen molar-refractivity contribution in [3.05, 3.63) is 35.9 Å². The summed E-state index contributed by atoms with van der Waals surface area (Å²) < 4.78 is 20.0. The van der Waals surface area contributed by atoms with Crippen LogP contribution in [0, 0.1) is 0 Å². The SMILES string of the molecule is COC(=O)[C@H](CCC(=O)OOC(=O)C[C@H](NC(=O)OC(C)(C)C)C(=O)OC(C)(C)C)NC(=O)OCc1ccccc1. The van der Waals surface area contributed by atoms with E-state index in [9.17, 15) is 28.8 Å². The average molecular weight is 583 g/mol. The Morgan fingerprint density at radius 3 is 1.85 bits per heavy atom. The molecule has 0 radical (unpaired) electrons. The van der Waals surface area contributed by atoms with Gasteiger partial charge in [0.05, 0.1) is 20.0 Å². The molecule has 0 aromatic heterocycles. The van der Waals surface area contributed by atoms with Crippen molar-refractivity contribution in [3.8, 4) is 0 Å². The molecule has 0 aliphatic heterocycles. The summed E-state index contributed by atoms with van der Waals surface area (Å²) in [5, 5.41) is 4.53. The van der Waals surface area contributed by atoms with Crippen LogP contribution in [0.15, 0.2) is 30.3 Å². The molecule has 0 fully saturated rings. The van der Waals surface area contributed by atoms with Crippen LogP contribution in [0.3, 0.4) is 0 Å². The molecule has 2 atom stereocenters. The number of nitrogens with one attached hydrogen (secondary N) is 2. The van der Waals surface area contributed by atoms with Gasteiger partial charge in [-0.3, -0.25) is 0 Å². The Morgan fingerprint density at radius 2 is 1.29 bits per heavy atom. The molecule has 14 nitrogen and oxygen atoms in total. The predicted molar refractivity (Wildman–Crippen MR) is 141 cm³/mol. The summed E-state index contributed by atoms with van der Waals surface area (Å²) in [7, 11) is 1.10. The normalized spacial score (nSPS) is 12.6. The molecular weight excluding hydrogens is 544 g/mol. The lowest BCUT2D eigenvalue weighted by molar-refractivity contribution is -0.259. The lowest BCUT2D eigenvalue weighted by atomic mass is 10.1. The third-order valence-electron chi connectivity index (χ3n) is 4.61. The summed E-state index contributed by atoms with van der Waals surface area (Å²) in [6.07, 6.45) is -3.40. The number of alkyl carbamates (subject to hydrolysis) is 2. The largest absolute Gasteiger partial charge is 0.467 e. The van der Waals surface area contributed by atoms with E-state index >= 15 is 0 Å². The minimum atomic E-state index is -1.51. The molecule has 0 spiro atoms. The molecule has 1 aromatic rings. The van der Waals surface area contributed by atoms with E-state index < -0.39 is 72.2 Å². The van der Waals surface area contributed by atoms with Gasteiger partial charge in [0.15, 0.2) is 0 Å². The van der Waals surface area contributed by atoms with Crippen LogP contribution in [-0.2, 0) is 54.5 Å². The topological polar surface area (TPSA) is 182 Å². The number of ether oxygens (including phenoxy) is 4. The van der Waals surface area contributed by atoms with Gasteiger partial charge in [-0.25, -0.2) is 38.5 Å². The molecule has 0 aliphatic carbocycles. The Hall–Kier alpha value is -4.36. The third-order valence-corrected chi connectivity index (χ3v) is 4.61. The van der Waals surface area contributed by atoms with Crippen molar-refractivity contribution >= 4 is 36.1 Å². The zero-order valence-electron chi connectivity index (χ0n) is 24.3. The van der Waals surface area contributed by atoms with Crippen LogP contribution >= 0.6 is 0 Å². The number of rotatable bonds is 11. The van der Waals surface area contributed by atoms with Gasteiger partial charge in [-0.15, -0.1) is 0 Å². The number of hydrogen-bond acceptors (Lipinski definition) is 12. The summed E-state index contributed by atoms with van der Waals surface area (Å²) in [5.41, 5.74) is -1.09. The molecule has 2 N–H and O–H groups in total. The van der Waals surface area contributed by atoms with E-state index in [2.05, 4.69) is 25.1 Å². The maximum absolute atomic E-state index is 12.5. The molecule has 14 heteroatoms. The van der Waals surface area contributed by atoms with Crippen LogP contribution in [0.5, 0.6) is 0 Å². The van der Waals surface area contributed by atoms with Gasteiger partial charge in [0.2, 0.25) is 0 Å². The molecule has 0 unspecified atom stereocenters. The smallest absolute Gasteiger partial charge is 0.408 e. The Morgan fingerprint density at radius 1 is 0.732 bits per heavy atom. The first-order valence-electron chi connectivity index (χ1n) is 12.7. The minimum Gasteiger partial charge on any atom is -0.467 e. The second-order valence-electron chi connectivity index (χ2n) is 10.7. The molecule has 1 aromatic carbocycles. The fourth-order valence-corrected chi connectivity index (χ4v) is 2.91. The molecule has 2 amide bonds. The van der Waals surface area contributed by atoms with E-state index in [1.165, 1.54) is 0 Å². The number of carbonyl (C=O) groups excluding carboxylic acids is 6. The molecule has 1 rings (SSSR count). The predicted octanol–water partition coefficient (Wildman–Crippen LogP) is 2.86. The highest BCUT2D eigenvalue weighted by Gasteiger charge is 2.32. The first-order chi connectivity index (χ1) is 19.0. The molecule has 0 heterocycles. The molecule has 0 saturated heterocycles. The van der Waals surface area contributed by atoms with E-state index in [1.54, 1.807) is 71.9 Å². The van der Waals surface area contributed by atoms with Crippen molar-refractivity contribution in [2.45, 2.75) is 90.7 Å². The van der Waals surface area contributed by atoms with Gasteiger partial charge >= 0.3 is 36.1 Å². The zero-order valence-corrected chi connectivity index (χ0v) is 24.3. The second-order valence-corrected chi connectivity index (χ2v) is 10.7. The van der Waals surface area contributed by atoms with Crippen LogP contribution in [0.25, 0.3) is 0 Å². The van der Waals surface area contributed by atoms with E-state index in [0.717, 1.165) is 12.7 Å². The average Bonchev–Trinajstić information content (AvgIpc) is 2.86. The minimum absolute atomic E-state index is 0.0500. The van der Waals surface area contributed by atoms with Crippen LogP contribution in [0.1, 0.15) is 66.4 Å². The van der Waals surface area contributed by atoms with E-state index in [1.807, 2.05) is 0 Å². The van der Waals surface area contributed by atoms with Crippen molar-refractivity contribution < 1.29 is 57.5 Å². The fourth-order valence-electron chi connectivity index (χ4n) is 2.91. The first-order valence-corrected chi connectivity index (χ1v) is 12.7. The Labute approximate surface area is 238 Å². The molecule has 228 valence electrons. The highest BCUT2D eigenvalue weighted by atomic mass is 17.2. The third kappa shape index (κ3) is 15.7. The van der Waals surface area contributed by atoms with Crippen molar-refractivity contribution in [1.82, 2.24) is 10.6 Å². The van der Waals surface area contributed by atoms with E-state index in [0.29, 0.717) is 0 Å². The van der Waals surface area contributed by atoms with Crippen molar-refractivity contribution in [2.24, 2.45) is 0 Å². The number of methoxy groups -OCH3 is 1. The lowest BCUT2D eigenvalue weighted by Gasteiger charge is -2.25. The monoisotopic (exact) mass is 582 g/mol. The maximum Gasteiger partial charge on any atom is 0.408 e. The highest BCUT2D eigenvalue weighted by Crippen LogP contribution is 2.13. The maximum atomic E-state index is 12.5. The van der Waals surface area contributed by atoms with E-state index in [4.69, 9.17) is 14.2 Å². The summed E-state index contributed by atoms with van der Waals surface area (Å²) in [6, 6.07) is 6.04. The summed E-state index contributed by atoms with van der Waals surface area (Å²) >= 11 is 0. The summed E-state index contributed by atoms with van der Waals surface area (Å²) in [6.45, 7) is 9.55. The number of benzene rings is 1. The molecule has 0 bridgehead atoms. The van der Waals surface area contributed by atoms with Gasteiger partial charge in [0, 0.05) is 0 Å². The summed E-state index contributed by atoms with van der Waals surface area (Å²) in [4.78, 5) is 82.1. The quantitative estimate of drug-likeness (QED) is 0.169. The lowest BCUT2D eigenvalue weighted by Crippen LogP contribution is -2.47. The van der Waals surface area contributed by atoms with Gasteiger partial charge < -0.3 is 29.6 Å². The van der Waals surface area contributed by atoms with E-state index in [-0.39, 0.29) is 13.0 Å². The first kappa shape index (κ1) is 34.7. The Kier molecular flexibility index (Phi) is 13.6. The van der Waals surface area contributed by atoms with Gasteiger partial charge in [-0.05, 0) is 53.5 Å². The highest BCUT2D eigenvalue weighted by molar-refractivity contribution is 5.86. The van der Waals surface area contributed by atoms with Gasteiger partial charge in [-0.1, -0.05) is 30.3 Å². The molecule has 0 aliphatic rings. The van der Waals surface area contributed by atoms with Gasteiger partial charge in [0.1, 0.15) is 29.9 Å². The zero-order chi connectivity index (χ0) is 31.2. The van der Waals surface area contributed by atoms with Crippen molar-refractivity contribution in [2.75, 3.05) is 7.11 Å². The van der Waals surface area contributed by atoms with Gasteiger partial charge in [0.25, 0.3) is 0 Å². The number of carbonyl (C=O) groups is 6. The second kappa shape index (κ2) is 16.0. The van der Waals surface area contributed by atoms with Crippen LogP contribution in [0.4, 0.5) is 9.59 Å². The standard InChI is InChI=1S/C27H38N2O12/c1-26(2,3)38-23(33)19(29-25(35)39-27(4,5)6)15-21(31)41-40-20(30)14-13-18(22(32)36-7)28-24(34)37-16-17-11-9-8-10-12-17/h8-12,18-19H,13-16H2,1-7H3,(H,28,34)(H,29,35)/t18-,19-/m0/s1. The molecule has 0 saturated carbocycles. The van der Waals surface area contributed by atoms with Crippen LogP contribution in [0.2, 0.25) is 0 Å². The number of hydrogen-bond donors (Lipinski definition) is 2. The molecule has 41 heavy (non-hydrogen) atoms. The fraction of sp³-hybridized carbons (Fsp3) is 0.556. The number of esters is 2. The van der Waals surface area contributed by atoms with Crippen LogP contribution in [-0.4, -0.2) is 66.5 Å². The Bertz CT molecular complexity index is 1060. The van der Waals surface area contributed by atoms with Crippen LogP contribution < -0.4 is 10.6 Å². The number of amides is 2. The van der Waals surface area contributed by atoms with Crippen molar-refractivity contribution in [1.29, 1.82) is 0 Å². The Balaban J connectivity index is 2.64. The summed E-state index contributed by atoms with van der Waals surface area (Å²) in [5.74, 6) is -4.05. The molecular formula is C27H38N2O12. The van der Waals surface area contributed by atoms with Gasteiger partial charge in [-0.2, -0.15) is 0 Å².